The molecule has 0 aromatic carbocycles. The molecule has 2 aliphatic rings. The summed E-state index contributed by atoms with van der Waals surface area (Å²) in [6, 6.07) is -0.636. The van der Waals surface area contributed by atoms with Crippen LogP contribution in [0.2, 0.25) is 0 Å². The molecule has 2 unspecified atom stereocenters. The van der Waals surface area contributed by atoms with Crippen LogP contribution in [0.3, 0.4) is 0 Å². The number of amides is 3. The molecule has 0 aliphatic carbocycles. The summed E-state index contributed by atoms with van der Waals surface area (Å²) in [5, 5.41) is 9.76. The van der Waals surface area contributed by atoms with Crippen LogP contribution in [0.5, 0.6) is 0 Å². The minimum atomic E-state index is -0.636. The van der Waals surface area contributed by atoms with E-state index in [4.69, 9.17) is 0 Å². The lowest BCUT2D eigenvalue weighted by Gasteiger charge is -2.36. The molecule has 0 aromatic heterocycles. The number of nitrogens with zero attached hydrogens (tertiary/aromatic N) is 2. The Labute approximate surface area is 111 Å². The molecule has 1 N–H and O–H groups in total. The van der Waals surface area contributed by atoms with Crippen LogP contribution in [0.4, 0.5) is 0 Å². The molecule has 6 heteroatoms. The Morgan fingerprint density at radius 2 is 1.79 bits per heavy atom. The Kier molecular flexibility index (Phi) is 3.32. The predicted molar refractivity (Wildman–Crippen MR) is 66.9 cm³/mol. The molecule has 1 saturated heterocycles. The van der Waals surface area contributed by atoms with E-state index in [9.17, 15) is 19.5 Å². The van der Waals surface area contributed by atoms with Crippen LogP contribution >= 0.6 is 0 Å². The number of rotatable bonds is 1. The highest BCUT2D eigenvalue weighted by atomic mass is 16.3. The zero-order valence-electron chi connectivity index (χ0n) is 11.3. The zero-order chi connectivity index (χ0) is 14.4. The van der Waals surface area contributed by atoms with Crippen molar-refractivity contribution in [1.82, 2.24) is 9.80 Å². The van der Waals surface area contributed by atoms with Crippen molar-refractivity contribution in [3.63, 3.8) is 0 Å². The molecule has 2 atom stereocenters. The van der Waals surface area contributed by atoms with Gasteiger partial charge in [-0.1, -0.05) is 0 Å². The van der Waals surface area contributed by atoms with Crippen molar-refractivity contribution in [2.24, 2.45) is 0 Å². The quantitative estimate of drug-likeness (QED) is 0.658. The van der Waals surface area contributed by atoms with Crippen molar-refractivity contribution in [2.45, 2.75) is 44.9 Å². The normalized spacial score (nSPS) is 28.5. The first-order chi connectivity index (χ1) is 8.71. The van der Waals surface area contributed by atoms with Crippen molar-refractivity contribution in [2.75, 3.05) is 6.54 Å². The van der Waals surface area contributed by atoms with Crippen molar-refractivity contribution in [1.29, 1.82) is 0 Å². The maximum Gasteiger partial charge on any atom is 0.260 e. The number of carbonyl (C=O) groups is 3. The monoisotopic (exact) mass is 266 g/mol. The second-order valence-electron chi connectivity index (χ2n) is 5.91. The molecule has 0 spiro atoms. The fourth-order valence-corrected chi connectivity index (χ4v) is 2.56. The summed E-state index contributed by atoms with van der Waals surface area (Å²) >= 11 is 0. The van der Waals surface area contributed by atoms with Crippen LogP contribution in [0, 0.1) is 0 Å². The number of aliphatic hydroxyl groups is 1. The average Bonchev–Trinajstić information content (AvgIpc) is 2.81. The lowest BCUT2D eigenvalue weighted by molar-refractivity contribution is -0.151. The van der Waals surface area contributed by atoms with E-state index in [0.29, 0.717) is 11.4 Å². The molecule has 6 nitrogen and oxygen atoms in total. The third-order valence-corrected chi connectivity index (χ3v) is 3.46. The Balaban J connectivity index is 2.23. The van der Waals surface area contributed by atoms with Gasteiger partial charge in [0.15, 0.2) is 0 Å². The van der Waals surface area contributed by atoms with Gasteiger partial charge in [0.2, 0.25) is 0 Å². The Morgan fingerprint density at radius 3 is 2.26 bits per heavy atom. The van der Waals surface area contributed by atoms with Crippen LogP contribution in [-0.4, -0.2) is 56.9 Å². The number of hydrogen-bond donors (Lipinski definition) is 1. The van der Waals surface area contributed by atoms with Gasteiger partial charge in [0.25, 0.3) is 17.7 Å². The number of imide groups is 3. The van der Waals surface area contributed by atoms with Gasteiger partial charge in [-0.25, -0.2) is 4.90 Å². The molecule has 0 saturated carbocycles. The Hall–Kier alpha value is -1.53. The topological polar surface area (TPSA) is 77.9 Å². The minimum Gasteiger partial charge on any atom is -0.392 e. The summed E-state index contributed by atoms with van der Waals surface area (Å²) in [7, 11) is 0. The summed E-state index contributed by atoms with van der Waals surface area (Å²) in [5.74, 6) is -1.76. The average molecular weight is 266 g/mol. The SMILES string of the molecule is CC(C)(C)N1CC(O)CC1C(=O)N1C(=O)C=CC1=O. The second kappa shape index (κ2) is 4.54. The molecule has 2 heterocycles. The van der Waals surface area contributed by atoms with E-state index >= 15 is 0 Å². The highest BCUT2D eigenvalue weighted by Gasteiger charge is 2.45. The summed E-state index contributed by atoms with van der Waals surface area (Å²) in [5.41, 5.74) is -0.322. The highest BCUT2D eigenvalue weighted by Crippen LogP contribution is 2.28. The summed E-state index contributed by atoms with van der Waals surface area (Å²) < 4.78 is 0. The minimum absolute atomic E-state index is 0.243. The van der Waals surface area contributed by atoms with Crippen LogP contribution in [-0.2, 0) is 14.4 Å². The molecule has 104 valence electrons. The van der Waals surface area contributed by atoms with Gasteiger partial charge in [0.1, 0.15) is 0 Å². The number of aliphatic hydroxyl groups excluding tert-OH is 1. The maximum absolute atomic E-state index is 12.4. The van der Waals surface area contributed by atoms with Gasteiger partial charge >= 0.3 is 0 Å². The van der Waals surface area contributed by atoms with Crippen LogP contribution in [0.1, 0.15) is 27.2 Å². The molecule has 0 aromatic rings. The van der Waals surface area contributed by atoms with Crippen molar-refractivity contribution in [3.8, 4) is 0 Å². The lowest BCUT2D eigenvalue weighted by Crippen LogP contribution is -2.53. The van der Waals surface area contributed by atoms with Crippen molar-refractivity contribution < 1.29 is 19.5 Å². The number of likely N-dealkylation sites (tertiary alicyclic amines) is 1. The molecule has 2 rings (SSSR count). The largest absolute Gasteiger partial charge is 0.392 e. The summed E-state index contributed by atoms with van der Waals surface area (Å²) in [6.45, 7) is 6.15. The Morgan fingerprint density at radius 1 is 1.26 bits per heavy atom. The molecule has 2 aliphatic heterocycles. The number of hydrogen-bond acceptors (Lipinski definition) is 5. The van der Waals surface area contributed by atoms with E-state index in [1.54, 1.807) is 0 Å². The number of carbonyl (C=O) groups excluding carboxylic acids is 3. The third kappa shape index (κ3) is 2.46. The summed E-state index contributed by atoms with van der Waals surface area (Å²) in [6.07, 6.45) is 1.81. The van der Waals surface area contributed by atoms with Gasteiger partial charge in [-0.3, -0.25) is 19.3 Å². The molecule has 3 amide bonds. The molecular formula is C13H18N2O4. The maximum atomic E-state index is 12.4. The second-order valence-corrected chi connectivity index (χ2v) is 5.91. The fraction of sp³-hybridized carbons (Fsp3) is 0.615. The first-order valence-corrected chi connectivity index (χ1v) is 6.26. The standard InChI is InChI=1S/C13H18N2O4/c1-13(2,3)14-7-8(16)6-9(14)12(19)15-10(17)4-5-11(15)18/h4-5,8-9,16H,6-7H2,1-3H3. The van der Waals surface area contributed by atoms with E-state index in [0.717, 1.165) is 12.2 Å². The van der Waals surface area contributed by atoms with Crippen molar-refractivity contribution >= 4 is 17.7 Å². The van der Waals surface area contributed by atoms with E-state index in [1.807, 2.05) is 25.7 Å². The van der Waals surface area contributed by atoms with Crippen LogP contribution < -0.4 is 0 Å². The van der Waals surface area contributed by atoms with Gasteiger partial charge < -0.3 is 5.11 Å². The van der Waals surface area contributed by atoms with E-state index in [-0.39, 0.29) is 12.0 Å². The van der Waals surface area contributed by atoms with Gasteiger partial charge in [-0.05, 0) is 27.2 Å². The highest BCUT2D eigenvalue weighted by molar-refractivity contribution is 6.23. The van der Waals surface area contributed by atoms with Gasteiger partial charge in [-0.15, -0.1) is 0 Å². The summed E-state index contributed by atoms with van der Waals surface area (Å²) in [4.78, 5) is 37.9. The predicted octanol–water partition coefficient (Wildman–Crippen LogP) is -0.328. The van der Waals surface area contributed by atoms with Crippen LogP contribution in [0.15, 0.2) is 12.2 Å². The molecule has 0 bridgehead atoms. The number of β-amino-alcohol motifs (C(OH)–C–C–N with tert-alkyl or cyclic N) is 1. The first-order valence-electron chi connectivity index (χ1n) is 6.26. The van der Waals surface area contributed by atoms with Gasteiger partial charge in [0.05, 0.1) is 12.1 Å². The fourth-order valence-electron chi connectivity index (χ4n) is 2.56. The van der Waals surface area contributed by atoms with E-state index < -0.39 is 29.9 Å². The molecule has 0 radical (unpaired) electrons. The van der Waals surface area contributed by atoms with Gasteiger partial charge in [0, 0.05) is 24.2 Å². The molecule has 1 fully saturated rings. The molecular weight excluding hydrogens is 248 g/mol. The zero-order valence-corrected chi connectivity index (χ0v) is 11.3. The smallest absolute Gasteiger partial charge is 0.260 e. The third-order valence-electron chi connectivity index (χ3n) is 3.46. The molecule has 19 heavy (non-hydrogen) atoms. The van der Waals surface area contributed by atoms with Gasteiger partial charge in [-0.2, -0.15) is 0 Å². The van der Waals surface area contributed by atoms with Crippen LogP contribution in [0.25, 0.3) is 0 Å². The van der Waals surface area contributed by atoms with Crippen molar-refractivity contribution in [3.05, 3.63) is 12.2 Å². The Bertz CT molecular complexity index is 446. The lowest BCUT2D eigenvalue weighted by atomic mass is 10.0. The van der Waals surface area contributed by atoms with E-state index in [2.05, 4.69) is 0 Å². The first kappa shape index (κ1) is 13.9. The van der Waals surface area contributed by atoms with E-state index in [1.165, 1.54) is 0 Å².